The number of benzene rings is 1. The molecule has 0 fully saturated rings. The van der Waals surface area contributed by atoms with Gasteiger partial charge in [-0.25, -0.2) is 0 Å². The topological polar surface area (TPSA) is 90.7 Å². The molecule has 2 aromatic rings. The summed E-state index contributed by atoms with van der Waals surface area (Å²) in [5.41, 5.74) is 2.07. The van der Waals surface area contributed by atoms with Crippen LogP contribution in [0.4, 0.5) is 10.8 Å². The van der Waals surface area contributed by atoms with Crippen LogP contribution < -0.4 is 10.6 Å². The summed E-state index contributed by atoms with van der Waals surface area (Å²) in [6.45, 7) is 5.56. The monoisotopic (exact) mass is 315 g/mol. The molecule has 22 heavy (non-hydrogen) atoms. The summed E-state index contributed by atoms with van der Waals surface area (Å²) in [5, 5.41) is 24.0. The lowest BCUT2D eigenvalue weighted by molar-refractivity contribution is -0.124. The molecule has 0 spiro atoms. The van der Waals surface area contributed by atoms with E-state index in [4.69, 9.17) is 0 Å². The summed E-state index contributed by atoms with van der Waals surface area (Å²) in [6.07, 6.45) is 0. The number of nitrogens with zero attached hydrogens (tertiary/aromatic N) is 3. The van der Waals surface area contributed by atoms with E-state index in [1.54, 1.807) is 13.8 Å². The van der Waals surface area contributed by atoms with Crippen LogP contribution >= 0.6 is 11.3 Å². The van der Waals surface area contributed by atoms with Gasteiger partial charge in [-0.1, -0.05) is 42.9 Å². The molecule has 1 aromatic heterocycles. The van der Waals surface area contributed by atoms with Gasteiger partial charge in [0.2, 0.25) is 11.0 Å². The summed E-state index contributed by atoms with van der Waals surface area (Å²) >= 11 is 1.25. The second-order valence-corrected chi connectivity index (χ2v) is 6.17. The van der Waals surface area contributed by atoms with Gasteiger partial charge in [0.05, 0.1) is 6.07 Å². The van der Waals surface area contributed by atoms with Crippen molar-refractivity contribution in [3.05, 3.63) is 34.8 Å². The van der Waals surface area contributed by atoms with Crippen LogP contribution in [0.2, 0.25) is 0 Å². The highest BCUT2D eigenvalue weighted by Crippen LogP contribution is 2.24. The zero-order valence-corrected chi connectivity index (χ0v) is 13.4. The third-order valence-electron chi connectivity index (χ3n) is 2.93. The minimum Gasteiger partial charge on any atom is -0.334 e. The third kappa shape index (κ3) is 4.02. The maximum Gasteiger partial charge on any atom is 0.223 e. The van der Waals surface area contributed by atoms with Crippen molar-refractivity contribution in [2.24, 2.45) is 5.92 Å². The summed E-state index contributed by atoms with van der Waals surface area (Å²) in [4.78, 5) is 11.7. The van der Waals surface area contributed by atoms with Gasteiger partial charge in [-0.05, 0) is 19.1 Å². The standard InChI is InChI=1S/C15H17N5OS/c1-9(2)13(21)18-12(8-16)14-19-20-15(22-14)17-11-6-4-10(3)5-7-11/h4-7,9,12H,1-3H3,(H,17,20)(H,18,21). The Morgan fingerprint density at radius 1 is 1.27 bits per heavy atom. The van der Waals surface area contributed by atoms with Crippen molar-refractivity contribution in [1.82, 2.24) is 15.5 Å². The van der Waals surface area contributed by atoms with Gasteiger partial charge in [-0.3, -0.25) is 4.79 Å². The number of rotatable bonds is 5. The van der Waals surface area contributed by atoms with Crippen LogP contribution in [0.1, 0.15) is 30.5 Å². The van der Waals surface area contributed by atoms with E-state index < -0.39 is 6.04 Å². The molecule has 2 rings (SSSR count). The first kappa shape index (κ1) is 15.9. The Balaban J connectivity index is 2.08. The molecule has 0 radical (unpaired) electrons. The summed E-state index contributed by atoms with van der Waals surface area (Å²) in [5.74, 6) is -0.372. The van der Waals surface area contributed by atoms with Crippen molar-refractivity contribution in [2.45, 2.75) is 26.8 Å². The van der Waals surface area contributed by atoms with Crippen molar-refractivity contribution in [1.29, 1.82) is 5.26 Å². The largest absolute Gasteiger partial charge is 0.334 e. The lowest BCUT2D eigenvalue weighted by atomic mass is 10.2. The van der Waals surface area contributed by atoms with Gasteiger partial charge in [-0.15, -0.1) is 10.2 Å². The molecule has 0 saturated heterocycles. The lowest BCUT2D eigenvalue weighted by Gasteiger charge is -2.10. The molecule has 0 aliphatic heterocycles. The Kier molecular flexibility index (Phi) is 5.07. The van der Waals surface area contributed by atoms with Crippen LogP contribution in [-0.4, -0.2) is 16.1 Å². The van der Waals surface area contributed by atoms with E-state index in [9.17, 15) is 10.1 Å². The molecule has 1 atom stereocenters. The van der Waals surface area contributed by atoms with Crippen molar-refractivity contribution in [3.8, 4) is 6.07 Å². The molecule has 0 aliphatic carbocycles. The van der Waals surface area contributed by atoms with E-state index in [1.165, 1.54) is 16.9 Å². The first-order valence-electron chi connectivity index (χ1n) is 6.86. The minimum absolute atomic E-state index is 0.185. The Morgan fingerprint density at radius 3 is 2.55 bits per heavy atom. The molecule has 2 N–H and O–H groups in total. The van der Waals surface area contributed by atoms with Crippen molar-refractivity contribution in [3.63, 3.8) is 0 Å². The van der Waals surface area contributed by atoms with Crippen molar-refractivity contribution >= 4 is 28.1 Å². The van der Waals surface area contributed by atoms with Crippen LogP contribution in [0.5, 0.6) is 0 Å². The van der Waals surface area contributed by atoms with Crippen LogP contribution in [-0.2, 0) is 4.79 Å². The molecular weight excluding hydrogens is 298 g/mol. The molecule has 1 heterocycles. The van der Waals surface area contributed by atoms with Crippen LogP contribution in [0.15, 0.2) is 24.3 Å². The molecule has 7 heteroatoms. The molecule has 1 aromatic carbocycles. The quantitative estimate of drug-likeness (QED) is 0.885. The molecular formula is C15H17N5OS. The predicted molar refractivity (Wildman–Crippen MR) is 85.7 cm³/mol. The first-order valence-corrected chi connectivity index (χ1v) is 7.68. The summed E-state index contributed by atoms with van der Waals surface area (Å²) in [6, 6.07) is 9.13. The number of anilines is 2. The zero-order valence-electron chi connectivity index (χ0n) is 12.6. The maximum atomic E-state index is 11.7. The minimum atomic E-state index is -0.777. The summed E-state index contributed by atoms with van der Waals surface area (Å²) < 4.78 is 0. The first-order chi connectivity index (χ1) is 10.5. The van der Waals surface area contributed by atoms with E-state index in [1.807, 2.05) is 37.3 Å². The van der Waals surface area contributed by atoms with E-state index in [-0.39, 0.29) is 11.8 Å². The number of nitrogens with one attached hydrogen (secondary N) is 2. The van der Waals surface area contributed by atoms with Crippen LogP contribution in [0, 0.1) is 24.2 Å². The molecule has 1 amide bonds. The van der Waals surface area contributed by atoms with Gasteiger partial charge < -0.3 is 10.6 Å². The fourth-order valence-electron chi connectivity index (χ4n) is 1.62. The van der Waals surface area contributed by atoms with Gasteiger partial charge in [-0.2, -0.15) is 5.26 Å². The summed E-state index contributed by atoms with van der Waals surface area (Å²) in [7, 11) is 0. The van der Waals surface area contributed by atoms with Crippen LogP contribution in [0.25, 0.3) is 0 Å². The lowest BCUT2D eigenvalue weighted by Crippen LogP contribution is -2.31. The average molecular weight is 315 g/mol. The number of amides is 1. The molecule has 6 nitrogen and oxygen atoms in total. The fraction of sp³-hybridized carbons (Fsp3) is 0.333. The Bertz CT molecular complexity index is 687. The highest BCUT2D eigenvalue weighted by Gasteiger charge is 2.20. The number of aromatic nitrogens is 2. The Labute approximate surface area is 133 Å². The second kappa shape index (κ2) is 7.00. The van der Waals surface area contributed by atoms with Gasteiger partial charge in [0.1, 0.15) is 0 Å². The van der Waals surface area contributed by atoms with E-state index in [0.29, 0.717) is 10.1 Å². The zero-order chi connectivity index (χ0) is 16.1. The molecule has 1 unspecified atom stereocenters. The number of nitriles is 1. The Morgan fingerprint density at radius 2 is 1.95 bits per heavy atom. The molecule has 0 saturated carbocycles. The van der Waals surface area contributed by atoms with E-state index >= 15 is 0 Å². The van der Waals surface area contributed by atoms with E-state index in [0.717, 1.165) is 5.69 Å². The third-order valence-corrected chi connectivity index (χ3v) is 3.83. The van der Waals surface area contributed by atoms with Gasteiger partial charge in [0.15, 0.2) is 11.0 Å². The number of carbonyl (C=O) groups excluding carboxylic acids is 1. The van der Waals surface area contributed by atoms with Crippen molar-refractivity contribution in [2.75, 3.05) is 5.32 Å². The highest BCUT2D eigenvalue weighted by atomic mass is 32.1. The van der Waals surface area contributed by atoms with Crippen molar-refractivity contribution < 1.29 is 4.79 Å². The molecule has 114 valence electrons. The van der Waals surface area contributed by atoms with E-state index in [2.05, 4.69) is 20.8 Å². The van der Waals surface area contributed by atoms with Gasteiger partial charge >= 0.3 is 0 Å². The number of aryl methyl sites for hydroxylation is 1. The smallest absolute Gasteiger partial charge is 0.223 e. The molecule has 0 aliphatic rings. The molecule has 0 bridgehead atoms. The van der Waals surface area contributed by atoms with Gasteiger partial charge in [0, 0.05) is 11.6 Å². The maximum absolute atomic E-state index is 11.7. The normalized spacial score (nSPS) is 11.8. The number of hydrogen-bond donors (Lipinski definition) is 2. The second-order valence-electron chi connectivity index (χ2n) is 5.16. The Hall–Kier alpha value is -2.46. The number of hydrogen-bond acceptors (Lipinski definition) is 6. The SMILES string of the molecule is Cc1ccc(Nc2nnc(C(C#N)NC(=O)C(C)C)s2)cc1. The fourth-order valence-corrected chi connectivity index (χ4v) is 2.38. The van der Waals surface area contributed by atoms with Crippen LogP contribution in [0.3, 0.4) is 0 Å². The number of carbonyl (C=O) groups is 1. The average Bonchev–Trinajstić information content (AvgIpc) is 2.95. The highest BCUT2D eigenvalue weighted by molar-refractivity contribution is 7.15. The van der Waals surface area contributed by atoms with Gasteiger partial charge in [0.25, 0.3) is 0 Å². The predicted octanol–water partition coefficient (Wildman–Crippen LogP) is 2.93.